The molecule has 0 aromatic heterocycles. The quantitative estimate of drug-likeness (QED) is 0.0421. The van der Waals surface area contributed by atoms with Crippen molar-refractivity contribution in [1.29, 1.82) is 0 Å². The molecule has 0 heterocycles. The van der Waals surface area contributed by atoms with E-state index >= 15 is 0 Å². The van der Waals surface area contributed by atoms with Crippen LogP contribution in [0.25, 0.3) is 0 Å². The molecule has 0 radical (unpaired) electrons. The number of hydrogen-bond donors (Lipinski definition) is 4. The van der Waals surface area contributed by atoms with E-state index in [-0.39, 0.29) is 107 Å². The Bertz CT molecular complexity index is 868. The summed E-state index contributed by atoms with van der Waals surface area (Å²) in [5.41, 5.74) is 0. The normalized spacial score (nSPS) is 14.8. The van der Waals surface area contributed by atoms with Crippen molar-refractivity contribution in [2.75, 3.05) is 0 Å². The van der Waals surface area contributed by atoms with Crippen molar-refractivity contribution in [2.45, 2.75) is 131 Å². The standard InChI is InChI=1S/C30H54N4O8.2Na/c1-17(2)23(27(37)33-25(19(5)6)29(39)40)31-21(35)15-13-11-9-10-12-14-16-22(36)32-24(18(3)4)28(38)34-26(20(7)8)30(41)42;;/h17-20,23-26H,9-16H2,1-8H3,(H,31,35)(H,32,36)(H,33,37)(H,34,38)(H,39,40)(H,41,42);;/q;2*+1/p-2/t23-,24-,25-,26-;;/m0../s1. The molecule has 4 atom stereocenters. The SMILES string of the molecule is CC(C)[C@H](N=C([O-])CCCCCCCCC([O-])=N[C@H](C(=O)N[C@H](C(=O)O)C(C)C)C(C)C)C(=O)N[C@H](C(=O)O)C(C)C.[Na+].[Na+]. The molecule has 0 aliphatic carbocycles. The monoisotopic (exact) mass is 642 g/mol. The minimum absolute atomic E-state index is 0. The van der Waals surface area contributed by atoms with Crippen molar-refractivity contribution < 1.29 is 98.7 Å². The van der Waals surface area contributed by atoms with E-state index in [9.17, 15) is 39.6 Å². The van der Waals surface area contributed by atoms with Crippen molar-refractivity contribution in [3.63, 3.8) is 0 Å². The summed E-state index contributed by atoms with van der Waals surface area (Å²) in [4.78, 5) is 56.0. The molecule has 0 rings (SSSR count). The van der Waals surface area contributed by atoms with Crippen LogP contribution in [0.1, 0.15) is 107 Å². The molecule has 0 saturated heterocycles. The summed E-state index contributed by atoms with van der Waals surface area (Å²) in [6, 6.07) is -4.00. The van der Waals surface area contributed by atoms with Gasteiger partial charge in [-0.05, 0) is 61.2 Å². The van der Waals surface area contributed by atoms with Gasteiger partial charge in [-0.3, -0.25) is 19.6 Å². The number of unbranched alkanes of at least 4 members (excludes halogenated alkanes) is 5. The zero-order valence-corrected chi connectivity index (χ0v) is 32.5. The molecule has 0 spiro atoms. The van der Waals surface area contributed by atoms with Crippen LogP contribution in [0.3, 0.4) is 0 Å². The second-order valence-corrected chi connectivity index (χ2v) is 12.2. The maximum atomic E-state index is 12.6. The van der Waals surface area contributed by atoms with Gasteiger partial charge >= 0.3 is 71.1 Å². The average Bonchev–Trinajstić information content (AvgIpc) is 2.87. The molecule has 0 aliphatic rings. The van der Waals surface area contributed by atoms with E-state index in [1.54, 1.807) is 55.4 Å². The molecule has 242 valence electrons. The Hall–Kier alpha value is -1.18. The van der Waals surface area contributed by atoms with Gasteiger partial charge in [-0.15, -0.1) is 0 Å². The summed E-state index contributed by atoms with van der Waals surface area (Å²) in [6.07, 6.45) is 4.86. The Balaban J connectivity index is -0.00000840. The second kappa shape index (κ2) is 25.0. The molecule has 0 unspecified atom stereocenters. The number of carbonyl (C=O) groups excluding carboxylic acids is 2. The minimum atomic E-state index is -1.13. The first-order valence-electron chi connectivity index (χ1n) is 15.0. The first-order chi connectivity index (χ1) is 19.5. The largest absolute Gasteiger partial charge is 1.00 e. The Morgan fingerprint density at radius 2 is 0.818 bits per heavy atom. The fourth-order valence-electron chi connectivity index (χ4n) is 4.22. The Kier molecular flexibility index (Phi) is 26.8. The summed E-state index contributed by atoms with van der Waals surface area (Å²) in [7, 11) is 0. The maximum absolute atomic E-state index is 12.6. The molecule has 0 aliphatic heterocycles. The number of aliphatic carboxylic acids is 2. The molecule has 44 heavy (non-hydrogen) atoms. The zero-order chi connectivity index (χ0) is 32.6. The van der Waals surface area contributed by atoms with E-state index in [0.29, 0.717) is 12.8 Å². The van der Waals surface area contributed by atoms with Crippen LogP contribution >= 0.6 is 0 Å². The molecule has 12 nitrogen and oxygen atoms in total. The first-order valence-corrected chi connectivity index (χ1v) is 15.0. The summed E-state index contributed by atoms with van der Waals surface area (Å²) in [5, 5.41) is 48.3. The van der Waals surface area contributed by atoms with E-state index in [0.717, 1.165) is 25.7 Å². The smallest absolute Gasteiger partial charge is 0.862 e. The van der Waals surface area contributed by atoms with Crippen LogP contribution in [0.5, 0.6) is 0 Å². The van der Waals surface area contributed by atoms with Gasteiger partial charge in [-0.1, -0.05) is 81.1 Å². The predicted octanol–water partition coefficient (Wildman–Crippen LogP) is -3.87. The average molecular weight is 643 g/mol. The molecular formula is C30H52N4Na2O8. The second-order valence-electron chi connectivity index (χ2n) is 12.2. The summed E-state index contributed by atoms with van der Waals surface area (Å²) in [5.74, 6) is -5.34. The molecule has 0 fully saturated rings. The molecule has 4 N–H and O–H groups in total. The number of hydrogen-bond acceptors (Lipinski definition) is 8. The van der Waals surface area contributed by atoms with Crippen molar-refractivity contribution >= 4 is 35.5 Å². The Morgan fingerprint density at radius 1 is 0.545 bits per heavy atom. The van der Waals surface area contributed by atoms with Crippen molar-refractivity contribution in [1.82, 2.24) is 10.6 Å². The summed E-state index contributed by atoms with van der Waals surface area (Å²) >= 11 is 0. The van der Waals surface area contributed by atoms with Gasteiger partial charge in [-0.2, -0.15) is 0 Å². The van der Waals surface area contributed by atoms with Gasteiger partial charge in [-0.25, -0.2) is 9.59 Å². The Labute approximate surface area is 307 Å². The molecule has 2 amide bonds. The van der Waals surface area contributed by atoms with Gasteiger partial charge in [0.1, 0.15) is 24.2 Å². The van der Waals surface area contributed by atoms with Gasteiger partial charge in [0.2, 0.25) is 11.8 Å². The summed E-state index contributed by atoms with van der Waals surface area (Å²) in [6.45, 7) is 13.8. The van der Waals surface area contributed by atoms with Crippen LogP contribution in [0.15, 0.2) is 9.98 Å². The number of carboxylic acids is 2. The number of amides is 2. The number of nitrogens with zero attached hydrogens (tertiary/aromatic N) is 2. The third-order valence-electron chi connectivity index (χ3n) is 6.86. The van der Waals surface area contributed by atoms with Crippen LogP contribution in [-0.2, 0) is 19.2 Å². The van der Waals surface area contributed by atoms with E-state index in [1.807, 2.05) is 0 Å². The third-order valence-corrected chi connectivity index (χ3v) is 6.86. The van der Waals surface area contributed by atoms with Crippen LogP contribution in [0, 0.1) is 23.7 Å². The fraction of sp³-hybridized carbons (Fsp3) is 0.800. The number of rotatable bonds is 21. The molecule has 0 bridgehead atoms. The molecule has 0 aromatic carbocycles. The Morgan fingerprint density at radius 3 is 1.05 bits per heavy atom. The molecule has 14 heteroatoms. The van der Waals surface area contributed by atoms with Gasteiger partial charge in [0.15, 0.2) is 0 Å². The minimum Gasteiger partial charge on any atom is -0.862 e. The predicted molar refractivity (Wildman–Crippen MR) is 158 cm³/mol. The van der Waals surface area contributed by atoms with E-state index in [2.05, 4.69) is 20.6 Å². The fourth-order valence-corrected chi connectivity index (χ4v) is 4.22. The van der Waals surface area contributed by atoms with Crippen molar-refractivity contribution in [3.8, 4) is 0 Å². The number of nitrogens with one attached hydrogen (secondary N) is 2. The maximum Gasteiger partial charge on any atom is 1.00 e. The summed E-state index contributed by atoms with van der Waals surface area (Å²) < 4.78 is 0. The van der Waals surface area contributed by atoms with Crippen molar-refractivity contribution in [2.24, 2.45) is 33.7 Å². The molecule has 0 aromatic rings. The van der Waals surface area contributed by atoms with Crippen LogP contribution in [0.2, 0.25) is 0 Å². The van der Waals surface area contributed by atoms with Crippen LogP contribution in [-0.4, -0.2) is 69.9 Å². The van der Waals surface area contributed by atoms with Gasteiger partial charge < -0.3 is 31.1 Å². The van der Waals surface area contributed by atoms with Gasteiger partial charge in [0.05, 0.1) is 0 Å². The van der Waals surface area contributed by atoms with E-state index < -0.39 is 47.9 Å². The molecule has 0 saturated carbocycles. The van der Waals surface area contributed by atoms with E-state index in [1.165, 1.54) is 0 Å². The zero-order valence-electron chi connectivity index (χ0n) is 28.5. The van der Waals surface area contributed by atoms with E-state index in [4.69, 9.17) is 0 Å². The van der Waals surface area contributed by atoms with Crippen LogP contribution in [0.4, 0.5) is 0 Å². The third kappa shape index (κ3) is 19.4. The van der Waals surface area contributed by atoms with Crippen LogP contribution < -0.4 is 80.0 Å². The molecular weight excluding hydrogens is 590 g/mol. The topological polar surface area (TPSA) is 204 Å². The van der Waals surface area contributed by atoms with Gasteiger partial charge in [0, 0.05) is 0 Å². The number of carboxylic acid groups (broad SMARTS) is 2. The van der Waals surface area contributed by atoms with Gasteiger partial charge in [0.25, 0.3) is 0 Å². The number of carbonyl (C=O) groups is 4. The first kappa shape index (κ1) is 47.2. The number of aliphatic imine (C=N–C) groups is 2. The van der Waals surface area contributed by atoms with Crippen molar-refractivity contribution in [3.05, 3.63) is 0 Å².